The molecule has 3 nitrogen and oxygen atoms in total. The Morgan fingerprint density at radius 3 is 2.54 bits per heavy atom. The van der Waals surface area contributed by atoms with E-state index in [1.165, 1.54) is 0 Å². The van der Waals surface area contributed by atoms with Crippen molar-refractivity contribution >= 4 is 14.3 Å². The fourth-order valence-electron chi connectivity index (χ4n) is 2.76. The first-order chi connectivity index (χ1) is 11.1. The Balaban J connectivity index is 3.34. The van der Waals surface area contributed by atoms with Crippen molar-refractivity contribution in [3.63, 3.8) is 0 Å². The van der Waals surface area contributed by atoms with Crippen molar-refractivity contribution in [3.8, 4) is 12.3 Å². The van der Waals surface area contributed by atoms with E-state index in [9.17, 15) is 4.79 Å². The van der Waals surface area contributed by atoms with E-state index in [1.807, 2.05) is 6.92 Å². The van der Waals surface area contributed by atoms with Crippen molar-refractivity contribution < 1.29 is 14.0 Å². The zero-order valence-electron chi connectivity index (χ0n) is 16.3. The van der Waals surface area contributed by atoms with E-state index in [-0.39, 0.29) is 11.0 Å². The van der Waals surface area contributed by atoms with Gasteiger partial charge < -0.3 is 9.16 Å². The average Bonchev–Trinajstić information content (AvgIpc) is 2.45. The van der Waals surface area contributed by atoms with Crippen LogP contribution in [0.4, 0.5) is 0 Å². The molecule has 1 atom stereocenters. The maximum atomic E-state index is 12.9. The van der Waals surface area contributed by atoms with E-state index >= 15 is 0 Å². The van der Waals surface area contributed by atoms with Gasteiger partial charge in [-0.3, -0.25) is 4.79 Å². The van der Waals surface area contributed by atoms with Gasteiger partial charge in [0.25, 0.3) is 0 Å². The molecule has 4 heteroatoms. The topological polar surface area (TPSA) is 35.5 Å². The molecule has 0 spiro atoms. The Hall–Kier alpha value is -1.21. The van der Waals surface area contributed by atoms with Gasteiger partial charge >= 0.3 is 5.97 Å². The summed E-state index contributed by atoms with van der Waals surface area (Å²) < 4.78 is 12.0. The van der Waals surface area contributed by atoms with E-state index in [0.29, 0.717) is 19.4 Å². The Bertz CT molecular complexity index is 508. The van der Waals surface area contributed by atoms with Gasteiger partial charge in [-0.1, -0.05) is 33.6 Å². The Morgan fingerprint density at radius 2 is 2.00 bits per heavy atom. The summed E-state index contributed by atoms with van der Waals surface area (Å²) in [6.07, 6.45) is 12.9. The van der Waals surface area contributed by atoms with Crippen molar-refractivity contribution in [2.45, 2.75) is 84.4 Å². The van der Waals surface area contributed by atoms with E-state index in [2.05, 4.69) is 45.9 Å². The lowest BCUT2D eigenvalue weighted by Crippen LogP contribution is -2.45. The van der Waals surface area contributed by atoms with Crippen molar-refractivity contribution in [2.24, 2.45) is 5.41 Å². The molecule has 24 heavy (non-hydrogen) atoms. The minimum Gasteiger partial charge on any atom is -0.546 e. The summed E-state index contributed by atoms with van der Waals surface area (Å²) in [5, 5.41) is 0.0623. The fourth-order valence-corrected chi connectivity index (χ4v) is 3.90. The summed E-state index contributed by atoms with van der Waals surface area (Å²) in [6.45, 7) is 13.2. The van der Waals surface area contributed by atoms with Gasteiger partial charge in [0.05, 0.1) is 12.4 Å². The van der Waals surface area contributed by atoms with E-state index < -0.39 is 13.7 Å². The first-order valence-electron chi connectivity index (χ1n) is 9.11. The SMILES string of the molecule is C#CCC1(C(=O)OCC)CCCCC/C=C\1O[Si](C)(C)C(C)(C)C. The molecule has 1 rings (SSSR count). The molecule has 0 N–H and O–H groups in total. The number of hydrogen-bond acceptors (Lipinski definition) is 3. The van der Waals surface area contributed by atoms with Crippen molar-refractivity contribution in [1.82, 2.24) is 0 Å². The molecule has 136 valence electrons. The minimum absolute atomic E-state index is 0.0623. The number of esters is 1. The number of carbonyl (C=O) groups is 1. The van der Waals surface area contributed by atoms with Gasteiger partial charge in [0, 0.05) is 6.42 Å². The first-order valence-corrected chi connectivity index (χ1v) is 12.0. The number of carbonyl (C=O) groups excluding carboxylic acids is 1. The number of allylic oxidation sites excluding steroid dienone is 1. The smallest absolute Gasteiger partial charge is 0.320 e. The molecule has 1 aliphatic carbocycles. The van der Waals surface area contributed by atoms with Crippen LogP contribution in [0, 0.1) is 17.8 Å². The van der Waals surface area contributed by atoms with Crippen LogP contribution >= 0.6 is 0 Å². The maximum Gasteiger partial charge on any atom is 0.320 e. The highest BCUT2D eigenvalue weighted by atomic mass is 28.4. The second-order valence-corrected chi connectivity index (χ2v) is 12.9. The molecule has 0 saturated heterocycles. The molecule has 0 amide bonds. The third-order valence-corrected chi connectivity index (χ3v) is 9.69. The van der Waals surface area contributed by atoms with Crippen LogP contribution < -0.4 is 0 Å². The van der Waals surface area contributed by atoms with Crippen molar-refractivity contribution in [1.29, 1.82) is 0 Å². The van der Waals surface area contributed by atoms with Crippen molar-refractivity contribution in [2.75, 3.05) is 6.61 Å². The third kappa shape index (κ3) is 4.66. The number of ether oxygens (including phenoxy) is 1. The van der Waals surface area contributed by atoms with Crippen LogP contribution in [-0.4, -0.2) is 20.9 Å². The van der Waals surface area contributed by atoms with Gasteiger partial charge in [-0.25, -0.2) is 0 Å². The predicted octanol–water partition coefficient (Wildman–Crippen LogP) is 5.43. The van der Waals surface area contributed by atoms with Crippen LogP contribution in [0.15, 0.2) is 11.8 Å². The highest BCUT2D eigenvalue weighted by molar-refractivity contribution is 6.74. The zero-order valence-corrected chi connectivity index (χ0v) is 17.3. The zero-order chi connectivity index (χ0) is 18.4. The van der Waals surface area contributed by atoms with Gasteiger partial charge in [-0.15, -0.1) is 12.3 Å². The first kappa shape index (κ1) is 20.8. The summed E-state index contributed by atoms with van der Waals surface area (Å²) in [7, 11) is -2.06. The molecule has 0 bridgehead atoms. The lowest BCUT2D eigenvalue weighted by atomic mass is 9.76. The van der Waals surface area contributed by atoms with Gasteiger partial charge in [0.15, 0.2) is 0 Å². The number of rotatable bonds is 5. The summed E-state index contributed by atoms with van der Waals surface area (Å²) in [4.78, 5) is 12.9. The van der Waals surface area contributed by atoms with Crippen LogP contribution in [-0.2, 0) is 14.0 Å². The Kier molecular flexibility index (Phi) is 7.16. The van der Waals surface area contributed by atoms with Gasteiger partial charge in [0.2, 0.25) is 8.32 Å². The van der Waals surface area contributed by atoms with Crippen LogP contribution in [0.5, 0.6) is 0 Å². The minimum atomic E-state index is -2.06. The summed E-state index contributed by atoms with van der Waals surface area (Å²) in [6, 6.07) is 0. The van der Waals surface area contributed by atoms with Gasteiger partial charge in [0.1, 0.15) is 5.41 Å². The normalized spacial score (nSPS) is 24.8. The fraction of sp³-hybridized carbons (Fsp3) is 0.750. The molecule has 1 aliphatic rings. The lowest BCUT2D eigenvalue weighted by molar-refractivity contribution is -0.155. The molecular weight excluding hydrogens is 316 g/mol. The molecule has 0 aromatic rings. The molecule has 1 unspecified atom stereocenters. The van der Waals surface area contributed by atoms with Gasteiger partial charge in [-0.2, -0.15) is 0 Å². The molecule has 0 radical (unpaired) electrons. The van der Waals surface area contributed by atoms with Crippen LogP contribution in [0.25, 0.3) is 0 Å². The molecule has 0 aromatic heterocycles. The molecule has 0 saturated carbocycles. The Morgan fingerprint density at radius 1 is 1.33 bits per heavy atom. The quantitative estimate of drug-likeness (QED) is 0.377. The predicted molar refractivity (Wildman–Crippen MR) is 102 cm³/mol. The van der Waals surface area contributed by atoms with Crippen molar-refractivity contribution in [3.05, 3.63) is 11.8 Å². The maximum absolute atomic E-state index is 12.9. The number of terminal acetylenes is 1. The second kappa shape index (κ2) is 8.25. The standard InChI is InChI=1S/C20H34O3Si/c1-8-15-20(18(21)22-9-2)16-13-11-10-12-14-17(20)23-24(6,7)19(3,4)5/h1,14H,9-13,15-16H2,2-7H3/b17-14+. The molecule has 0 aromatic carbocycles. The summed E-state index contributed by atoms with van der Waals surface area (Å²) >= 11 is 0. The second-order valence-electron chi connectivity index (χ2n) is 8.21. The molecule has 0 aliphatic heterocycles. The largest absolute Gasteiger partial charge is 0.546 e. The van der Waals surface area contributed by atoms with Crippen LogP contribution in [0.2, 0.25) is 18.1 Å². The molecule has 0 fully saturated rings. The van der Waals surface area contributed by atoms with Gasteiger partial charge in [-0.05, 0) is 50.4 Å². The molecular formula is C20H34O3Si. The van der Waals surface area contributed by atoms with E-state index in [4.69, 9.17) is 15.6 Å². The highest BCUT2D eigenvalue weighted by Crippen LogP contribution is 2.46. The van der Waals surface area contributed by atoms with E-state index in [0.717, 1.165) is 31.4 Å². The lowest BCUT2D eigenvalue weighted by Gasteiger charge is -2.42. The monoisotopic (exact) mass is 350 g/mol. The summed E-state index contributed by atoms with van der Waals surface area (Å²) in [5.41, 5.74) is -0.819. The summed E-state index contributed by atoms with van der Waals surface area (Å²) in [5.74, 6) is 3.26. The average molecular weight is 351 g/mol. The molecule has 0 heterocycles. The third-order valence-electron chi connectivity index (χ3n) is 5.35. The van der Waals surface area contributed by atoms with Crippen LogP contribution in [0.1, 0.15) is 66.2 Å². The van der Waals surface area contributed by atoms with Crippen LogP contribution in [0.3, 0.4) is 0 Å². The number of hydrogen-bond donors (Lipinski definition) is 0. The Labute approximate surface area is 149 Å². The van der Waals surface area contributed by atoms with E-state index in [1.54, 1.807) is 0 Å². The highest BCUT2D eigenvalue weighted by Gasteiger charge is 2.48.